The fourth-order valence-electron chi connectivity index (χ4n) is 12.7. The van der Waals surface area contributed by atoms with Crippen molar-refractivity contribution in [1.29, 1.82) is 0 Å². The summed E-state index contributed by atoms with van der Waals surface area (Å²) in [5.74, 6) is 2.10. The molecule has 4 aromatic heterocycles. The third-order valence-corrected chi connectivity index (χ3v) is 26.3. The van der Waals surface area contributed by atoms with Gasteiger partial charge in [0.15, 0.2) is 0 Å². The predicted molar refractivity (Wildman–Crippen MR) is 343 cm³/mol. The maximum atomic E-state index is 9.91. The summed E-state index contributed by atoms with van der Waals surface area (Å²) in [6, 6.07) is 85.1. The number of hydrogen-bond donors (Lipinski definition) is 0. The van der Waals surface area contributed by atoms with Crippen molar-refractivity contribution < 1.29 is 16.2 Å². The van der Waals surface area contributed by atoms with Crippen molar-refractivity contribution in [2.45, 2.75) is 26.2 Å². The number of ether oxygens (including phenoxy) is 1. The molecule has 0 aliphatic carbocycles. The molecule has 0 bridgehead atoms. The van der Waals surface area contributed by atoms with Gasteiger partial charge < -0.3 is 0 Å². The first-order valence-electron chi connectivity index (χ1n) is 30.3. The van der Waals surface area contributed by atoms with Gasteiger partial charge in [0.05, 0.1) is 11.0 Å². The summed E-state index contributed by atoms with van der Waals surface area (Å²) >= 11 is -4.24. The zero-order chi connectivity index (χ0) is 59.3. The third-order valence-electron chi connectivity index (χ3n) is 16.4. The molecule has 5 nitrogen and oxygen atoms in total. The van der Waals surface area contributed by atoms with Crippen molar-refractivity contribution in [3.63, 3.8) is 0 Å². The van der Waals surface area contributed by atoms with E-state index >= 15 is 0 Å². The average Bonchev–Trinajstić information content (AvgIpc) is 1.78. The van der Waals surface area contributed by atoms with E-state index in [2.05, 4.69) is 259 Å². The summed E-state index contributed by atoms with van der Waals surface area (Å²) in [6.45, 7) is 6.65. The molecule has 15 aromatic rings. The van der Waals surface area contributed by atoms with Gasteiger partial charge in [0.2, 0.25) is 0 Å². The number of para-hydroxylation sites is 2. The van der Waals surface area contributed by atoms with Gasteiger partial charge in [-0.2, -0.15) is 0 Å². The first kappa shape index (κ1) is 44.0. The summed E-state index contributed by atoms with van der Waals surface area (Å²) in [6.07, 6.45) is 5.80. The van der Waals surface area contributed by atoms with Crippen LogP contribution < -0.4 is 26.9 Å². The second kappa shape index (κ2) is 19.8. The molecule has 11 aromatic carbocycles. The van der Waals surface area contributed by atoms with Gasteiger partial charge in [-0.05, 0) is 41.3 Å². The molecule has 4 heterocycles. The molecular weight excluding hydrogens is 1060 g/mol. The number of hydrogen-bond acceptors (Lipinski definition) is 2. The van der Waals surface area contributed by atoms with Crippen molar-refractivity contribution >= 4 is 102 Å². The van der Waals surface area contributed by atoms with Crippen LogP contribution in [0.25, 0.3) is 93.3 Å². The van der Waals surface area contributed by atoms with Crippen LogP contribution in [0.3, 0.4) is 0 Å². The Morgan fingerprint density at radius 2 is 1.02 bits per heavy atom. The number of rotatable bonds is 9. The van der Waals surface area contributed by atoms with Crippen LogP contribution >= 0.6 is 0 Å². The molecule has 0 saturated carbocycles. The molecule has 0 aliphatic heterocycles. The van der Waals surface area contributed by atoms with E-state index in [4.69, 9.17) is 11.1 Å². The molecule has 0 amide bonds. The summed E-state index contributed by atoms with van der Waals surface area (Å²) < 4.78 is 65.1. The zero-order valence-corrected chi connectivity index (χ0v) is 47.5. The zero-order valence-electron chi connectivity index (χ0n) is 50.4. The Morgan fingerprint density at radius 1 is 0.463 bits per heavy atom. The predicted octanol–water partition coefficient (Wildman–Crippen LogP) is 15.8. The van der Waals surface area contributed by atoms with E-state index in [1.54, 1.807) is 0 Å². The number of fused-ring (bicyclic) bond motifs is 10. The van der Waals surface area contributed by atoms with Crippen molar-refractivity contribution in [2.24, 2.45) is 0 Å². The summed E-state index contributed by atoms with van der Waals surface area (Å²) in [4.78, 5) is 4.92. The maximum absolute atomic E-state index is 9.91. The number of pyridine rings is 1. The van der Waals surface area contributed by atoms with Gasteiger partial charge >= 0.3 is 359 Å². The molecule has 0 unspecified atom stereocenters. The number of nitrogens with zero attached hydrogens (tertiary/aromatic N) is 4. The van der Waals surface area contributed by atoms with Gasteiger partial charge in [-0.3, -0.25) is 4.57 Å². The Balaban J connectivity index is 1.05. The summed E-state index contributed by atoms with van der Waals surface area (Å²) in [5, 5.41) is 7.89. The average molecular weight is 1120 g/mol. The van der Waals surface area contributed by atoms with Crippen molar-refractivity contribution in [1.82, 2.24) is 14.0 Å². The van der Waals surface area contributed by atoms with E-state index in [1.807, 2.05) is 36.5 Å². The monoisotopic (exact) mass is 1120 g/mol. The van der Waals surface area contributed by atoms with E-state index in [1.165, 1.54) is 18.8 Å². The number of aromatic nitrogens is 4. The number of imidazole rings is 1. The van der Waals surface area contributed by atoms with E-state index in [9.17, 15) is 5.48 Å². The molecule has 15 rings (SSSR count). The van der Waals surface area contributed by atoms with Crippen LogP contribution in [-0.4, -0.2) is 27.2 Å². The minimum atomic E-state index is -4.24. The SMILES string of the molecule is [2H]c1c([2H])c([2H])c(-c2c[c]([Ge]([c]3ccccc3)([c]3ccccc3)[c]3ccccc3)cc3c4ccccc4c4ccccc4c4cccc5c4n([c-][n+]5-c4cccc(Oc5ccc6c7ccccc7n(-c7cc(C(C)(C)C)ccn7)c6c5)c4)c23)c([2H])c1[2H]. The van der Waals surface area contributed by atoms with Crippen LogP contribution in [0.5, 0.6) is 11.5 Å². The van der Waals surface area contributed by atoms with E-state index in [0.717, 1.165) is 81.1 Å². The Hall–Kier alpha value is -9.82. The van der Waals surface area contributed by atoms with Gasteiger partial charge in [0.25, 0.3) is 0 Å². The molecule has 0 atom stereocenters. The van der Waals surface area contributed by atoms with Crippen molar-refractivity contribution in [2.75, 3.05) is 0 Å². The Kier molecular flexibility index (Phi) is 10.6. The fraction of sp³-hybridized carbons (Fsp3) is 0.0526. The molecule has 0 fully saturated rings. The number of benzene rings is 11. The molecule has 390 valence electrons. The standard InChI is InChI=1S/C76H56GeN4O/c1-76(2,3)53-44-45-78-73(46-53)81-70-40-21-20-38-65(70)66-43-42-60(50-72(66)81)82-59-33-22-32-58(49-59)79-51-80-74-68(52-24-8-4-9-25-52)47-57(77(54-26-10-5-11-27-54,55-28-12-6-13-29-55)56-30-14-7-15-31-56)48-69(74)64-37-19-17-35-62(64)61-34-16-18-36-63(61)67-39-23-41-71(79)75(67)80/h4-50H,1-3H3/i4D,8D,9D,24D,25D. The first-order valence-corrected chi connectivity index (χ1v) is 32.0. The molecule has 6 heteroatoms. The molecule has 82 heavy (non-hydrogen) atoms. The van der Waals surface area contributed by atoms with Gasteiger partial charge in [-0.25, -0.2) is 4.98 Å². The van der Waals surface area contributed by atoms with E-state index in [-0.39, 0.29) is 23.1 Å². The van der Waals surface area contributed by atoms with Crippen LogP contribution in [0, 0.1) is 6.33 Å². The van der Waals surface area contributed by atoms with Crippen LogP contribution in [0.2, 0.25) is 0 Å². The van der Waals surface area contributed by atoms with Gasteiger partial charge in [0.1, 0.15) is 5.82 Å². The normalized spacial score (nSPS) is 12.9. The Morgan fingerprint density at radius 3 is 1.68 bits per heavy atom. The molecule has 0 saturated heterocycles. The molecule has 0 N–H and O–H groups in total. The van der Waals surface area contributed by atoms with Crippen LogP contribution in [0.15, 0.2) is 285 Å². The third kappa shape index (κ3) is 8.06. The van der Waals surface area contributed by atoms with Crippen LogP contribution in [0.4, 0.5) is 0 Å². The topological polar surface area (TPSA) is 35.3 Å². The first-order chi connectivity index (χ1) is 42.4. The van der Waals surface area contributed by atoms with Gasteiger partial charge in [-0.15, -0.1) is 0 Å². The summed E-state index contributed by atoms with van der Waals surface area (Å²) in [7, 11) is 0. The molecule has 0 spiro atoms. The van der Waals surface area contributed by atoms with E-state index in [0.29, 0.717) is 22.6 Å². The van der Waals surface area contributed by atoms with Gasteiger partial charge in [-0.1, -0.05) is 39.0 Å². The van der Waals surface area contributed by atoms with Crippen LogP contribution in [-0.2, 0) is 5.41 Å². The second-order valence-electron chi connectivity index (χ2n) is 22.1. The Bertz CT molecular complexity index is 5190. The van der Waals surface area contributed by atoms with Gasteiger partial charge in [0, 0.05) is 23.0 Å². The molecule has 0 radical (unpaired) electrons. The molecular formula is C76H56GeN4O. The van der Waals surface area contributed by atoms with E-state index < -0.39 is 31.4 Å². The second-order valence-corrected chi connectivity index (χ2v) is 30.1. The quantitative estimate of drug-likeness (QED) is 0.0820. The Labute approximate surface area is 486 Å². The summed E-state index contributed by atoms with van der Waals surface area (Å²) in [5.41, 5.74) is 6.76. The van der Waals surface area contributed by atoms with Crippen molar-refractivity contribution in [3.8, 4) is 34.1 Å². The fourth-order valence-corrected chi connectivity index (χ4v) is 22.7. The van der Waals surface area contributed by atoms with Crippen molar-refractivity contribution in [3.05, 3.63) is 297 Å². The minimum absolute atomic E-state index is 0.0768. The van der Waals surface area contributed by atoms with Crippen LogP contribution in [0.1, 0.15) is 33.2 Å². The molecule has 0 aliphatic rings.